The molecule has 5 nitrogen and oxygen atoms in total. The molecule has 6 heteroatoms. The number of rotatable bonds is 10. The van der Waals surface area contributed by atoms with E-state index < -0.39 is 26.1 Å². The number of alkyl carbamates (subject to hydrolysis) is 1. The van der Waals surface area contributed by atoms with Gasteiger partial charge in [-0.3, -0.25) is 4.79 Å². The van der Waals surface area contributed by atoms with Crippen molar-refractivity contribution in [3.8, 4) is 0 Å². The Morgan fingerprint density at radius 2 is 1.58 bits per heavy atom. The van der Waals surface area contributed by atoms with Gasteiger partial charge in [-0.2, -0.15) is 0 Å². The fourth-order valence-electron chi connectivity index (χ4n) is 2.07. The number of amides is 1. The van der Waals surface area contributed by atoms with Gasteiger partial charge < -0.3 is 14.5 Å². The van der Waals surface area contributed by atoms with Crippen LogP contribution in [0.4, 0.5) is 4.79 Å². The quantitative estimate of drug-likeness (QED) is 0.400. The molecule has 0 saturated heterocycles. The molecule has 0 bridgehead atoms. The molecular formula is C20H41NO4Si. The summed E-state index contributed by atoms with van der Waals surface area (Å²) in [6.07, 6.45) is 4.02. The minimum Gasteiger partial charge on any atom is -0.444 e. The number of unbranched alkanes of at least 4 members (excludes halogenated alkanes) is 3. The highest BCUT2D eigenvalue weighted by molar-refractivity contribution is 6.74. The molecule has 0 aliphatic rings. The minimum atomic E-state index is -2.00. The molecule has 1 atom stereocenters. The van der Waals surface area contributed by atoms with Crippen LogP contribution in [0.2, 0.25) is 18.1 Å². The highest BCUT2D eigenvalue weighted by atomic mass is 28.4. The average molecular weight is 388 g/mol. The summed E-state index contributed by atoms with van der Waals surface area (Å²) in [6.45, 7) is 18.5. The molecule has 0 aliphatic carbocycles. The number of carbonyl (C=O) groups excluding carboxylic acids is 2. The zero-order chi connectivity index (χ0) is 20.6. The highest BCUT2D eigenvalue weighted by Crippen LogP contribution is 2.36. The van der Waals surface area contributed by atoms with Gasteiger partial charge in [0.25, 0.3) is 0 Å². The van der Waals surface area contributed by atoms with E-state index in [4.69, 9.17) is 9.16 Å². The zero-order valence-electron chi connectivity index (χ0n) is 18.5. The lowest BCUT2D eigenvalue weighted by molar-refractivity contribution is -0.122. The van der Waals surface area contributed by atoms with E-state index >= 15 is 0 Å². The summed E-state index contributed by atoms with van der Waals surface area (Å²) in [5.41, 5.74) is -0.598. The first-order valence-corrected chi connectivity index (χ1v) is 12.8. The van der Waals surface area contributed by atoms with Crippen LogP contribution >= 0.6 is 0 Å². The normalized spacial score (nSPS) is 14.0. The summed E-state index contributed by atoms with van der Waals surface area (Å²) in [7, 11) is -2.00. The van der Waals surface area contributed by atoms with Crippen LogP contribution in [0.5, 0.6) is 0 Å². The molecule has 0 fully saturated rings. The van der Waals surface area contributed by atoms with Gasteiger partial charge in [0.2, 0.25) is 0 Å². The Morgan fingerprint density at radius 3 is 2.04 bits per heavy atom. The Morgan fingerprint density at radius 1 is 1.00 bits per heavy atom. The van der Waals surface area contributed by atoms with Gasteiger partial charge in [0.15, 0.2) is 14.1 Å². The lowest BCUT2D eigenvalue weighted by atomic mass is 10.1. The molecule has 26 heavy (non-hydrogen) atoms. The van der Waals surface area contributed by atoms with Crippen molar-refractivity contribution < 1.29 is 18.8 Å². The van der Waals surface area contributed by atoms with Crippen LogP contribution in [0.25, 0.3) is 0 Å². The summed E-state index contributed by atoms with van der Waals surface area (Å²) in [5.74, 6) is 0.0191. The minimum absolute atomic E-state index is 0.0191. The van der Waals surface area contributed by atoms with Crippen molar-refractivity contribution in [1.29, 1.82) is 0 Å². The third kappa shape index (κ3) is 10.3. The number of Topliss-reactive ketones (excluding diaryl/α,β-unsaturated/α-hetero) is 1. The van der Waals surface area contributed by atoms with Gasteiger partial charge in [-0.15, -0.1) is 0 Å². The van der Waals surface area contributed by atoms with Gasteiger partial charge >= 0.3 is 6.09 Å². The van der Waals surface area contributed by atoms with Crippen molar-refractivity contribution in [1.82, 2.24) is 5.32 Å². The van der Waals surface area contributed by atoms with Gasteiger partial charge in [0.1, 0.15) is 11.6 Å². The van der Waals surface area contributed by atoms with E-state index in [-0.39, 0.29) is 17.4 Å². The lowest BCUT2D eigenvalue weighted by Gasteiger charge is -2.37. The average Bonchev–Trinajstić information content (AvgIpc) is 2.44. The molecule has 0 aromatic heterocycles. The molecule has 0 saturated carbocycles. The molecule has 1 N–H and O–H groups in total. The van der Waals surface area contributed by atoms with Crippen molar-refractivity contribution in [3.05, 3.63) is 0 Å². The largest absolute Gasteiger partial charge is 0.444 e. The molecule has 0 radical (unpaired) electrons. The van der Waals surface area contributed by atoms with E-state index in [9.17, 15) is 9.59 Å². The van der Waals surface area contributed by atoms with Crippen LogP contribution in [0.3, 0.4) is 0 Å². The molecule has 0 spiro atoms. The summed E-state index contributed by atoms with van der Waals surface area (Å²) >= 11 is 0. The molecule has 1 amide bonds. The molecule has 0 heterocycles. The van der Waals surface area contributed by atoms with Gasteiger partial charge in [0.05, 0.1) is 6.61 Å². The second-order valence-corrected chi connectivity index (χ2v) is 14.4. The maximum absolute atomic E-state index is 12.6. The zero-order valence-corrected chi connectivity index (χ0v) is 19.5. The Kier molecular flexibility index (Phi) is 10.1. The predicted molar refractivity (Wildman–Crippen MR) is 110 cm³/mol. The lowest BCUT2D eigenvalue weighted by Crippen LogP contribution is -2.50. The van der Waals surface area contributed by atoms with E-state index in [1.807, 2.05) is 0 Å². The van der Waals surface area contributed by atoms with Crippen molar-refractivity contribution in [2.24, 2.45) is 0 Å². The SMILES string of the molecule is CCCCCCC(=O)[C@H](CO[Si](C)(C)C(C)(C)C)NC(=O)OC(C)(C)C. The van der Waals surface area contributed by atoms with Crippen LogP contribution in [-0.4, -0.2) is 38.4 Å². The molecule has 0 aromatic rings. The van der Waals surface area contributed by atoms with Crippen LogP contribution in [0.1, 0.15) is 80.6 Å². The molecule has 0 rings (SSSR count). The Labute approximate surface area is 161 Å². The summed E-state index contributed by atoms with van der Waals surface area (Å²) in [5, 5.41) is 2.77. The van der Waals surface area contributed by atoms with Crippen molar-refractivity contribution >= 4 is 20.2 Å². The van der Waals surface area contributed by atoms with E-state index in [0.717, 1.165) is 25.7 Å². The third-order valence-electron chi connectivity index (χ3n) is 4.77. The van der Waals surface area contributed by atoms with E-state index in [0.29, 0.717) is 6.42 Å². The van der Waals surface area contributed by atoms with Gasteiger partial charge in [0, 0.05) is 6.42 Å². The van der Waals surface area contributed by atoms with Gasteiger partial charge in [-0.1, -0.05) is 47.0 Å². The monoisotopic (exact) mass is 387 g/mol. The Balaban J connectivity index is 4.93. The highest BCUT2D eigenvalue weighted by Gasteiger charge is 2.38. The smallest absolute Gasteiger partial charge is 0.408 e. The fraction of sp³-hybridized carbons (Fsp3) is 0.900. The number of hydrogen-bond acceptors (Lipinski definition) is 4. The number of hydrogen-bond donors (Lipinski definition) is 1. The van der Waals surface area contributed by atoms with Crippen LogP contribution < -0.4 is 5.32 Å². The molecule has 0 aliphatic heterocycles. The number of ether oxygens (including phenoxy) is 1. The predicted octanol–water partition coefficient (Wildman–Crippen LogP) is 5.44. The van der Waals surface area contributed by atoms with E-state index in [1.54, 1.807) is 20.8 Å². The summed E-state index contributed by atoms with van der Waals surface area (Å²) in [6, 6.07) is -0.652. The number of ketones is 1. The summed E-state index contributed by atoms with van der Waals surface area (Å²) in [4.78, 5) is 24.8. The fourth-order valence-corrected chi connectivity index (χ4v) is 3.09. The Bertz CT molecular complexity index is 450. The van der Waals surface area contributed by atoms with Crippen LogP contribution in [0, 0.1) is 0 Å². The van der Waals surface area contributed by atoms with Gasteiger partial charge in [-0.25, -0.2) is 4.79 Å². The first-order valence-electron chi connectivity index (χ1n) is 9.86. The van der Waals surface area contributed by atoms with E-state index in [2.05, 4.69) is 46.1 Å². The maximum atomic E-state index is 12.6. The number of nitrogens with one attached hydrogen (secondary N) is 1. The second-order valence-electron chi connectivity index (χ2n) is 9.55. The standard InChI is InChI=1S/C20H41NO4Si/c1-10-11-12-13-14-17(22)16(21-18(23)25-19(2,3)4)15-24-26(8,9)20(5,6)7/h16H,10-15H2,1-9H3,(H,21,23)/t16-/m0/s1. The Hall–Kier alpha value is -0.883. The second kappa shape index (κ2) is 10.5. The third-order valence-corrected chi connectivity index (χ3v) is 9.27. The first-order chi connectivity index (χ1) is 11.7. The molecule has 154 valence electrons. The summed E-state index contributed by atoms with van der Waals surface area (Å²) < 4.78 is 11.5. The van der Waals surface area contributed by atoms with Crippen LogP contribution in [0.15, 0.2) is 0 Å². The maximum Gasteiger partial charge on any atom is 0.408 e. The first kappa shape index (κ1) is 25.1. The number of carbonyl (C=O) groups is 2. The molecule has 0 unspecified atom stereocenters. The molecular weight excluding hydrogens is 346 g/mol. The molecule has 0 aromatic carbocycles. The van der Waals surface area contributed by atoms with E-state index in [1.165, 1.54) is 0 Å². The van der Waals surface area contributed by atoms with Crippen LogP contribution in [-0.2, 0) is 14.0 Å². The van der Waals surface area contributed by atoms with Gasteiger partial charge in [-0.05, 0) is 45.3 Å². The van der Waals surface area contributed by atoms with Crippen molar-refractivity contribution in [2.75, 3.05) is 6.61 Å². The topological polar surface area (TPSA) is 64.6 Å². The van der Waals surface area contributed by atoms with Crippen molar-refractivity contribution in [2.45, 2.75) is 110 Å². The van der Waals surface area contributed by atoms with Crippen molar-refractivity contribution in [3.63, 3.8) is 0 Å².